The van der Waals surface area contributed by atoms with E-state index in [1.807, 2.05) is 0 Å². The Balaban J connectivity index is 1.91. The van der Waals surface area contributed by atoms with Gasteiger partial charge in [0.25, 0.3) is 5.91 Å². The summed E-state index contributed by atoms with van der Waals surface area (Å²) in [6.07, 6.45) is 3.23. The number of benzene rings is 1. The molecule has 1 aromatic carbocycles. The number of hydrogen-bond acceptors (Lipinski definition) is 4. The molecular formula is C15H13ClN2O3S. The topological polar surface area (TPSA) is 76.1 Å². The molecule has 3 rings (SSSR count). The Morgan fingerprint density at radius 2 is 2.05 bits per heavy atom. The predicted octanol–water partition coefficient (Wildman–Crippen LogP) is 2.38. The molecule has 5 nitrogen and oxygen atoms in total. The predicted molar refractivity (Wildman–Crippen MR) is 82.6 cm³/mol. The Hall–Kier alpha value is -1.92. The monoisotopic (exact) mass is 336 g/mol. The van der Waals surface area contributed by atoms with Crippen LogP contribution in [0.4, 0.5) is 0 Å². The number of carbonyl (C=O) groups is 1. The molecule has 1 aliphatic heterocycles. The van der Waals surface area contributed by atoms with E-state index in [1.54, 1.807) is 24.3 Å². The van der Waals surface area contributed by atoms with Crippen molar-refractivity contribution in [1.29, 1.82) is 0 Å². The van der Waals surface area contributed by atoms with Crippen molar-refractivity contribution >= 4 is 27.3 Å². The van der Waals surface area contributed by atoms with Crippen molar-refractivity contribution in [3.8, 4) is 0 Å². The van der Waals surface area contributed by atoms with Crippen LogP contribution in [0.25, 0.3) is 0 Å². The van der Waals surface area contributed by atoms with Gasteiger partial charge in [-0.3, -0.25) is 9.78 Å². The van der Waals surface area contributed by atoms with E-state index in [9.17, 15) is 13.2 Å². The number of nitrogens with one attached hydrogen (secondary N) is 1. The summed E-state index contributed by atoms with van der Waals surface area (Å²) in [6.45, 7) is 0. The molecular weight excluding hydrogens is 324 g/mol. The van der Waals surface area contributed by atoms with Crippen molar-refractivity contribution < 1.29 is 13.2 Å². The fourth-order valence-corrected chi connectivity index (χ4v) is 4.36. The lowest BCUT2D eigenvalue weighted by Crippen LogP contribution is -2.34. The lowest BCUT2D eigenvalue weighted by molar-refractivity contribution is 0.0934. The highest BCUT2D eigenvalue weighted by Gasteiger charge is 2.31. The highest BCUT2D eigenvalue weighted by Crippen LogP contribution is 2.32. The lowest BCUT2D eigenvalue weighted by atomic mass is 10.0. The first kappa shape index (κ1) is 15.0. The van der Waals surface area contributed by atoms with Crippen molar-refractivity contribution in [2.75, 3.05) is 5.75 Å². The Morgan fingerprint density at radius 3 is 2.82 bits per heavy atom. The Kier molecular flexibility index (Phi) is 3.88. The molecule has 0 radical (unpaired) electrons. The zero-order valence-corrected chi connectivity index (χ0v) is 13.1. The number of fused-ring (bicyclic) bond motifs is 1. The smallest absolute Gasteiger partial charge is 0.253 e. The third-order valence-corrected chi connectivity index (χ3v) is 5.74. The minimum atomic E-state index is -3.27. The van der Waals surface area contributed by atoms with Crippen LogP contribution in [0.2, 0.25) is 5.02 Å². The number of carbonyl (C=O) groups excluding carboxylic acids is 1. The molecule has 2 aromatic rings. The van der Waals surface area contributed by atoms with Gasteiger partial charge in [-0.1, -0.05) is 29.8 Å². The SMILES string of the molecule is O=C(N[C@H]1CCS(=O)(=O)c2ccccc21)c1ccncc1Cl. The van der Waals surface area contributed by atoms with Crippen LogP contribution in [0.15, 0.2) is 47.6 Å². The van der Waals surface area contributed by atoms with E-state index in [0.717, 1.165) is 0 Å². The molecule has 0 bridgehead atoms. The van der Waals surface area contributed by atoms with E-state index < -0.39 is 9.84 Å². The zero-order valence-electron chi connectivity index (χ0n) is 11.5. The van der Waals surface area contributed by atoms with Crippen LogP contribution in [0, 0.1) is 0 Å². The van der Waals surface area contributed by atoms with E-state index in [2.05, 4.69) is 10.3 Å². The quantitative estimate of drug-likeness (QED) is 0.913. The van der Waals surface area contributed by atoms with Gasteiger partial charge in [-0.25, -0.2) is 8.42 Å². The van der Waals surface area contributed by atoms with Gasteiger partial charge in [0.15, 0.2) is 9.84 Å². The molecule has 1 atom stereocenters. The molecule has 1 amide bonds. The molecule has 22 heavy (non-hydrogen) atoms. The van der Waals surface area contributed by atoms with Crippen LogP contribution in [0.3, 0.4) is 0 Å². The normalized spacial score (nSPS) is 19.2. The summed E-state index contributed by atoms with van der Waals surface area (Å²) in [5, 5.41) is 3.12. The molecule has 0 unspecified atom stereocenters. The van der Waals surface area contributed by atoms with Crippen LogP contribution >= 0.6 is 11.6 Å². The number of halogens is 1. The Morgan fingerprint density at radius 1 is 1.27 bits per heavy atom. The molecule has 114 valence electrons. The summed E-state index contributed by atoms with van der Waals surface area (Å²) < 4.78 is 24.2. The van der Waals surface area contributed by atoms with Crippen LogP contribution < -0.4 is 5.32 Å². The third kappa shape index (κ3) is 2.71. The average Bonchev–Trinajstić information content (AvgIpc) is 2.51. The number of pyridine rings is 1. The van der Waals surface area contributed by atoms with Crippen molar-refractivity contribution in [2.45, 2.75) is 17.4 Å². The number of hydrogen-bond donors (Lipinski definition) is 1. The van der Waals surface area contributed by atoms with Gasteiger partial charge in [0.1, 0.15) is 0 Å². The van der Waals surface area contributed by atoms with Gasteiger partial charge in [0.05, 0.1) is 27.3 Å². The van der Waals surface area contributed by atoms with Crippen LogP contribution in [0.5, 0.6) is 0 Å². The molecule has 0 fully saturated rings. The standard InChI is InChI=1S/C15H13ClN2O3S/c16-12-9-17-7-5-10(12)15(19)18-13-6-8-22(20,21)14-4-2-1-3-11(13)14/h1-5,7,9,13H,6,8H2,(H,18,19)/t13-/m0/s1. The minimum absolute atomic E-state index is 0.0129. The molecule has 1 aromatic heterocycles. The van der Waals surface area contributed by atoms with Gasteiger partial charge in [-0.2, -0.15) is 0 Å². The average molecular weight is 337 g/mol. The summed E-state index contributed by atoms with van der Waals surface area (Å²) in [4.78, 5) is 16.5. The molecule has 0 aliphatic carbocycles. The van der Waals surface area contributed by atoms with Crippen molar-refractivity contribution in [2.24, 2.45) is 0 Å². The van der Waals surface area contributed by atoms with E-state index >= 15 is 0 Å². The second kappa shape index (κ2) is 5.70. The molecule has 2 heterocycles. The molecule has 1 aliphatic rings. The molecule has 7 heteroatoms. The summed E-state index contributed by atoms with van der Waals surface area (Å²) in [6, 6.07) is 7.92. The van der Waals surface area contributed by atoms with Crippen molar-refractivity contribution in [1.82, 2.24) is 10.3 Å². The largest absolute Gasteiger partial charge is 0.345 e. The third-order valence-electron chi connectivity index (χ3n) is 3.63. The number of nitrogens with zero attached hydrogens (tertiary/aromatic N) is 1. The fraction of sp³-hybridized carbons (Fsp3) is 0.200. The summed E-state index contributed by atoms with van der Waals surface area (Å²) in [5.74, 6) is -0.328. The first-order valence-electron chi connectivity index (χ1n) is 6.71. The molecule has 1 N–H and O–H groups in total. The van der Waals surface area contributed by atoms with Gasteiger partial charge in [0, 0.05) is 12.4 Å². The van der Waals surface area contributed by atoms with E-state index in [-0.39, 0.29) is 27.6 Å². The zero-order chi connectivity index (χ0) is 15.7. The van der Waals surface area contributed by atoms with E-state index in [4.69, 9.17) is 11.6 Å². The maximum atomic E-state index is 12.3. The van der Waals surface area contributed by atoms with E-state index in [0.29, 0.717) is 17.5 Å². The lowest BCUT2D eigenvalue weighted by Gasteiger charge is -2.26. The molecule has 0 spiro atoms. The Bertz CT molecular complexity index is 836. The Labute approximate surface area is 133 Å². The second-order valence-electron chi connectivity index (χ2n) is 5.03. The summed E-state index contributed by atoms with van der Waals surface area (Å²) >= 11 is 5.96. The first-order chi connectivity index (χ1) is 10.5. The number of amides is 1. The van der Waals surface area contributed by atoms with E-state index in [1.165, 1.54) is 18.5 Å². The van der Waals surface area contributed by atoms with Crippen molar-refractivity contribution in [3.05, 3.63) is 58.9 Å². The van der Waals surface area contributed by atoms with Crippen molar-refractivity contribution in [3.63, 3.8) is 0 Å². The second-order valence-corrected chi connectivity index (χ2v) is 7.51. The highest BCUT2D eigenvalue weighted by atomic mass is 35.5. The number of aromatic nitrogens is 1. The fourth-order valence-electron chi connectivity index (χ4n) is 2.54. The van der Waals surface area contributed by atoms with Crippen LogP contribution in [0.1, 0.15) is 28.4 Å². The highest BCUT2D eigenvalue weighted by molar-refractivity contribution is 7.91. The van der Waals surface area contributed by atoms with Crippen LogP contribution in [-0.2, 0) is 9.84 Å². The summed E-state index contributed by atoms with van der Waals surface area (Å²) in [5.41, 5.74) is 0.940. The number of rotatable bonds is 2. The maximum Gasteiger partial charge on any atom is 0.253 e. The van der Waals surface area contributed by atoms with Gasteiger partial charge in [0.2, 0.25) is 0 Å². The van der Waals surface area contributed by atoms with Crippen LogP contribution in [-0.4, -0.2) is 25.1 Å². The van der Waals surface area contributed by atoms with Gasteiger partial charge >= 0.3 is 0 Å². The first-order valence-corrected chi connectivity index (χ1v) is 8.74. The maximum absolute atomic E-state index is 12.3. The summed E-state index contributed by atoms with van der Waals surface area (Å²) in [7, 11) is -3.27. The number of sulfone groups is 1. The van der Waals surface area contributed by atoms with Gasteiger partial charge < -0.3 is 5.32 Å². The molecule has 0 saturated heterocycles. The minimum Gasteiger partial charge on any atom is -0.345 e. The molecule has 0 saturated carbocycles. The van der Waals surface area contributed by atoms with Gasteiger partial charge in [-0.15, -0.1) is 0 Å². The van der Waals surface area contributed by atoms with Gasteiger partial charge in [-0.05, 0) is 24.1 Å².